The number of thiazole rings is 1. The quantitative estimate of drug-likeness (QED) is 0.425. The lowest BCUT2D eigenvalue weighted by molar-refractivity contribution is -0.132. The number of carbonyl (C=O) groups is 2. The smallest absolute Gasteiger partial charge is 0.301 e. The number of ketones is 1. The van der Waals surface area contributed by atoms with Gasteiger partial charge in [-0.1, -0.05) is 60.2 Å². The summed E-state index contributed by atoms with van der Waals surface area (Å²) in [6.45, 7) is 1.96. The van der Waals surface area contributed by atoms with Gasteiger partial charge < -0.3 is 5.11 Å². The molecule has 1 unspecified atom stereocenters. The van der Waals surface area contributed by atoms with E-state index in [2.05, 4.69) is 4.98 Å². The molecule has 2 aromatic carbocycles. The van der Waals surface area contributed by atoms with Crippen LogP contribution in [0.5, 0.6) is 0 Å². The largest absolute Gasteiger partial charge is 0.507 e. The number of aliphatic hydroxyl groups excluding tert-OH is 1. The molecule has 27 heavy (non-hydrogen) atoms. The first-order valence-corrected chi connectivity index (χ1v) is 9.28. The Bertz CT molecular complexity index is 1030. The molecule has 1 amide bonds. The molecule has 1 saturated heterocycles. The molecule has 1 N–H and O–H groups in total. The zero-order valence-electron chi connectivity index (χ0n) is 14.5. The van der Waals surface area contributed by atoms with Crippen LogP contribution in [0.1, 0.15) is 22.7 Å². The highest BCUT2D eigenvalue weighted by molar-refractivity contribution is 7.14. The zero-order chi connectivity index (χ0) is 19.0. The van der Waals surface area contributed by atoms with Crippen molar-refractivity contribution in [3.8, 4) is 0 Å². The van der Waals surface area contributed by atoms with E-state index in [1.165, 1.54) is 16.2 Å². The van der Waals surface area contributed by atoms with Crippen LogP contribution in [-0.2, 0) is 9.59 Å². The van der Waals surface area contributed by atoms with Gasteiger partial charge in [0.05, 0.1) is 11.6 Å². The van der Waals surface area contributed by atoms with Gasteiger partial charge in [-0.05, 0) is 12.5 Å². The van der Waals surface area contributed by atoms with E-state index in [1.807, 2.05) is 37.3 Å². The van der Waals surface area contributed by atoms with Crippen LogP contribution < -0.4 is 4.90 Å². The van der Waals surface area contributed by atoms with Gasteiger partial charge in [-0.15, -0.1) is 11.3 Å². The molecule has 0 saturated carbocycles. The van der Waals surface area contributed by atoms with Crippen LogP contribution in [0.3, 0.4) is 0 Å². The average molecular weight is 376 g/mol. The van der Waals surface area contributed by atoms with Gasteiger partial charge >= 0.3 is 5.91 Å². The number of hydrogen-bond donors (Lipinski definition) is 1. The molecule has 3 aromatic rings. The molecule has 0 radical (unpaired) electrons. The van der Waals surface area contributed by atoms with Crippen LogP contribution in [0.2, 0.25) is 0 Å². The summed E-state index contributed by atoms with van der Waals surface area (Å²) < 4.78 is 0. The highest BCUT2D eigenvalue weighted by Crippen LogP contribution is 2.42. The lowest BCUT2D eigenvalue weighted by Gasteiger charge is -2.23. The fraction of sp³-hybridized carbons (Fsp3) is 0.0952. The Balaban J connectivity index is 1.94. The summed E-state index contributed by atoms with van der Waals surface area (Å²) in [6.07, 6.45) is 1.59. The first-order valence-electron chi connectivity index (χ1n) is 8.40. The minimum atomic E-state index is -0.725. The predicted molar refractivity (Wildman–Crippen MR) is 105 cm³/mol. The van der Waals surface area contributed by atoms with Crippen LogP contribution in [-0.4, -0.2) is 21.8 Å². The zero-order valence-corrected chi connectivity index (χ0v) is 15.3. The number of aliphatic hydroxyl groups is 1. The van der Waals surface area contributed by atoms with Crippen molar-refractivity contribution in [3.63, 3.8) is 0 Å². The molecule has 5 nitrogen and oxygen atoms in total. The minimum Gasteiger partial charge on any atom is -0.507 e. The van der Waals surface area contributed by atoms with E-state index in [0.717, 1.165) is 11.1 Å². The molecule has 1 atom stereocenters. The van der Waals surface area contributed by atoms with Crippen molar-refractivity contribution in [1.82, 2.24) is 4.98 Å². The number of carbonyl (C=O) groups excluding carboxylic acids is 2. The average Bonchev–Trinajstić information content (AvgIpc) is 3.30. The molecule has 1 fully saturated rings. The maximum absolute atomic E-state index is 12.8. The number of nitrogens with zero attached hydrogens (tertiary/aromatic N) is 2. The third-order valence-corrected chi connectivity index (χ3v) is 5.28. The van der Waals surface area contributed by atoms with Crippen molar-refractivity contribution in [2.45, 2.75) is 13.0 Å². The molecule has 134 valence electrons. The van der Waals surface area contributed by atoms with E-state index in [4.69, 9.17) is 0 Å². The Hall–Kier alpha value is -3.25. The van der Waals surface area contributed by atoms with Gasteiger partial charge in [-0.25, -0.2) is 4.98 Å². The third-order valence-electron chi connectivity index (χ3n) is 4.51. The summed E-state index contributed by atoms with van der Waals surface area (Å²) >= 11 is 1.27. The molecule has 1 aliphatic heterocycles. The first kappa shape index (κ1) is 17.2. The fourth-order valence-electron chi connectivity index (χ4n) is 3.18. The van der Waals surface area contributed by atoms with Crippen molar-refractivity contribution in [2.24, 2.45) is 0 Å². The highest BCUT2D eigenvalue weighted by Gasteiger charge is 2.47. The van der Waals surface area contributed by atoms with Gasteiger partial charge in [0.15, 0.2) is 5.13 Å². The molecular formula is C21H16N2O3S. The maximum atomic E-state index is 12.8. The molecule has 2 heterocycles. The number of benzene rings is 2. The van der Waals surface area contributed by atoms with Gasteiger partial charge in [-0.3, -0.25) is 14.5 Å². The third kappa shape index (κ3) is 2.94. The van der Waals surface area contributed by atoms with E-state index < -0.39 is 17.7 Å². The monoisotopic (exact) mass is 376 g/mol. The first-order chi connectivity index (χ1) is 13.1. The molecule has 6 heteroatoms. The maximum Gasteiger partial charge on any atom is 0.301 e. The molecular weight excluding hydrogens is 360 g/mol. The molecule has 0 spiro atoms. The standard InChI is InChI=1S/C21H16N2O3S/c1-13-7-9-14(10-8-13)17-16(18(24)15-5-3-2-4-6-15)19(25)20(26)23(17)21-22-11-12-27-21/h2-12,17,24H,1H3/b18-16-. The van der Waals surface area contributed by atoms with Crippen molar-refractivity contribution in [2.75, 3.05) is 4.90 Å². The summed E-state index contributed by atoms with van der Waals surface area (Å²) in [5.74, 6) is -1.58. The van der Waals surface area contributed by atoms with Crippen LogP contribution in [0, 0.1) is 6.92 Å². The molecule has 1 aromatic heterocycles. The van der Waals surface area contributed by atoms with Crippen molar-refractivity contribution < 1.29 is 14.7 Å². The normalized spacial score (nSPS) is 18.9. The summed E-state index contributed by atoms with van der Waals surface area (Å²) in [5, 5.41) is 13.0. The highest BCUT2D eigenvalue weighted by atomic mass is 32.1. The summed E-state index contributed by atoms with van der Waals surface area (Å²) in [6, 6.07) is 15.6. The number of aromatic nitrogens is 1. The van der Waals surface area contributed by atoms with Gasteiger partial charge in [0.25, 0.3) is 5.78 Å². The number of hydrogen-bond acceptors (Lipinski definition) is 5. The van der Waals surface area contributed by atoms with E-state index in [1.54, 1.807) is 35.8 Å². The van der Waals surface area contributed by atoms with E-state index >= 15 is 0 Å². The Morgan fingerprint density at radius 1 is 1.07 bits per heavy atom. The summed E-state index contributed by atoms with van der Waals surface area (Å²) in [7, 11) is 0. The van der Waals surface area contributed by atoms with Crippen molar-refractivity contribution in [3.05, 3.63) is 88.4 Å². The number of aryl methyl sites for hydroxylation is 1. The number of anilines is 1. The number of amides is 1. The lowest BCUT2D eigenvalue weighted by atomic mass is 9.95. The van der Waals surface area contributed by atoms with Crippen molar-refractivity contribution >= 4 is 33.9 Å². The fourth-order valence-corrected chi connectivity index (χ4v) is 3.85. The van der Waals surface area contributed by atoms with Crippen LogP contribution in [0.4, 0.5) is 5.13 Å². The summed E-state index contributed by atoms with van der Waals surface area (Å²) in [5.41, 5.74) is 2.37. The minimum absolute atomic E-state index is 0.0743. The molecule has 4 rings (SSSR count). The molecule has 1 aliphatic rings. The van der Waals surface area contributed by atoms with Gasteiger partial charge in [-0.2, -0.15) is 0 Å². The second-order valence-corrected chi connectivity index (χ2v) is 7.13. The Labute approximate surface area is 160 Å². The summed E-state index contributed by atoms with van der Waals surface area (Å²) in [4.78, 5) is 31.2. The Morgan fingerprint density at radius 3 is 2.41 bits per heavy atom. The number of Topliss-reactive ketones (excluding diaryl/α,β-unsaturated/α-hetero) is 1. The molecule has 0 aliphatic carbocycles. The van der Waals surface area contributed by atoms with E-state index in [9.17, 15) is 14.7 Å². The second-order valence-electron chi connectivity index (χ2n) is 6.26. The van der Waals surface area contributed by atoms with Gasteiger partial charge in [0, 0.05) is 17.1 Å². The van der Waals surface area contributed by atoms with Crippen LogP contribution in [0.15, 0.2) is 71.7 Å². The van der Waals surface area contributed by atoms with Crippen LogP contribution in [0.25, 0.3) is 5.76 Å². The second kappa shape index (κ2) is 6.81. The lowest BCUT2D eigenvalue weighted by Crippen LogP contribution is -2.29. The van der Waals surface area contributed by atoms with Gasteiger partial charge in [0.2, 0.25) is 0 Å². The van der Waals surface area contributed by atoms with Crippen LogP contribution >= 0.6 is 11.3 Å². The van der Waals surface area contributed by atoms with Crippen molar-refractivity contribution in [1.29, 1.82) is 0 Å². The topological polar surface area (TPSA) is 70.5 Å². The Kier molecular flexibility index (Phi) is 4.33. The predicted octanol–water partition coefficient (Wildman–Crippen LogP) is 4.08. The van der Waals surface area contributed by atoms with Gasteiger partial charge in [0.1, 0.15) is 5.76 Å². The van der Waals surface area contributed by atoms with E-state index in [-0.39, 0.29) is 11.3 Å². The molecule has 0 bridgehead atoms. The Morgan fingerprint density at radius 2 is 1.78 bits per heavy atom. The van der Waals surface area contributed by atoms with E-state index in [0.29, 0.717) is 10.7 Å². The number of rotatable bonds is 3. The SMILES string of the molecule is Cc1ccc(C2/C(=C(/O)c3ccccc3)C(=O)C(=O)N2c2nccs2)cc1.